The number of H-pyrrole nitrogens is 1. The number of piperidine rings is 1. The Bertz CT molecular complexity index is 540. The summed E-state index contributed by atoms with van der Waals surface area (Å²) in [6, 6.07) is 2.29. The summed E-state index contributed by atoms with van der Waals surface area (Å²) < 4.78 is 26.2. The lowest BCUT2D eigenvalue weighted by molar-refractivity contribution is 0.407. The van der Waals surface area contributed by atoms with Gasteiger partial charge in [-0.25, -0.2) is 13.8 Å². The van der Waals surface area contributed by atoms with Gasteiger partial charge >= 0.3 is 0 Å². The van der Waals surface area contributed by atoms with E-state index in [1.165, 1.54) is 12.8 Å². The lowest BCUT2D eigenvalue weighted by Gasteiger charge is -2.21. The molecule has 19 heavy (non-hydrogen) atoms. The zero-order valence-corrected chi connectivity index (χ0v) is 11.2. The molecule has 0 radical (unpaired) electrons. The molecule has 0 spiro atoms. The Morgan fingerprint density at radius 1 is 1.21 bits per heavy atom. The van der Waals surface area contributed by atoms with Crippen LogP contribution in [0.2, 0.25) is 0 Å². The zero-order chi connectivity index (χ0) is 13.2. The summed E-state index contributed by atoms with van der Waals surface area (Å²) in [5, 5.41) is 4.07. The fraction of sp³-hybridized carbons (Fsp3) is 0.462. The molecule has 0 amide bonds. The second-order valence-corrected chi connectivity index (χ2v) is 5.84. The van der Waals surface area contributed by atoms with Crippen LogP contribution in [0, 0.1) is 17.6 Å². The van der Waals surface area contributed by atoms with Crippen molar-refractivity contribution in [2.45, 2.75) is 18.0 Å². The highest BCUT2D eigenvalue weighted by Crippen LogP contribution is 2.25. The fourth-order valence-corrected chi connectivity index (χ4v) is 3.37. The molecular formula is C13H15F2N3S. The molecule has 0 saturated carbocycles. The molecule has 1 saturated heterocycles. The minimum Gasteiger partial charge on any atom is -0.333 e. The van der Waals surface area contributed by atoms with E-state index in [-0.39, 0.29) is 0 Å². The molecule has 1 fully saturated rings. The molecule has 2 N–H and O–H groups in total. The Morgan fingerprint density at radius 2 is 1.95 bits per heavy atom. The molecule has 1 aliphatic heterocycles. The average Bonchev–Trinajstić information content (AvgIpc) is 2.80. The summed E-state index contributed by atoms with van der Waals surface area (Å²) in [5.41, 5.74) is 1.03. The molecule has 1 aromatic heterocycles. The van der Waals surface area contributed by atoms with Crippen molar-refractivity contribution in [2.75, 3.05) is 18.8 Å². The Hall–Kier alpha value is -1.14. The van der Waals surface area contributed by atoms with Gasteiger partial charge in [0, 0.05) is 17.9 Å². The van der Waals surface area contributed by atoms with E-state index in [9.17, 15) is 8.78 Å². The number of imidazole rings is 1. The Kier molecular flexibility index (Phi) is 3.70. The van der Waals surface area contributed by atoms with Crippen LogP contribution in [0.4, 0.5) is 8.78 Å². The first-order valence-corrected chi connectivity index (χ1v) is 7.39. The van der Waals surface area contributed by atoms with Gasteiger partial charge in [-0.3, -0.25) is 0 Å². The van der Waals surface area contributed by atoms with Gasteiger partial charge in [-0.05, 0) is 31.8 Å². The summed E-state index contributed by atoms with van der Waals surface area (Å²) in [6.07, 6.45) is 2.35. The van der Waals surface area contributed by atoms with E-state index >= 15 is 0 Å². The van der Waals surface area contributed by atoms with Crippen LogP contribution in [0.3, 0.4) is 0 Å². The third-order valence-corrected chi connectivity index (χ3v) is 4.52. The molecule has 0 unspecified atom stereocenters. The molecule has 6 heteroatoms. The first-order valence-electron chi connectivity index (χ1n) is 6.40. The third kappa shape index (κ3) is 2.90. The molecule has 0 atom stereocenters. The second-order valence-electron chi connectivity index (χ2n) is 4.83. The summed E-state index contributed by atoms with van der Waals surface area (Å²) in [7, 11) is 0. The second kappa shape index (κ2) is 5.46. The number of nitrogens with one attached hydrogen (secondary N) is 2. The maximum atomic E-state index is 13.1. The number of aromatic nitrogens is 2. The van der Waals surface area contributed by atoms with Gasteiger partial charge in [-0.2, -0.15) is 0 Å². The predicted molar refractivity (Wildman–Crippen MR) is 72.3 cm³/mol. The number of nitrogens with zero attached hydrogens (tertiary/aromatic N) is 1. The average molecular weight is 283 g/mol. The third-order valence-electron chi connectivity index (χ3n) is 3.42. The Morgan fingerprint density at radius 3 is 2.74 bits per heavy atom. The fourth-order valence-electron chi connectivity index (χ4n) is 2.30. The van der Waals surface area contributed by atoms with E-state index in [1.54, 1.807) is 11.8 Å². The highest BCUT2D eigenvalue weighted by molar-refractivity contribution is 7.99. The van der Waals surface area contributed by atoms with Crippen molar-refractivity contribution >= 4 is 22.8 Å². The van der Waals surface area contributed by atoms with Crippen molar-refractivity contribution in [1.29, 1.82) is 0 Å². The quantitative estimate of drug-likeness (QED) is 0.851. The molecule has 3 nitrogen and oxygen atoms in total. The topological polar surface area (TPSA) is 40.7 Å². The first kappa shape index (κ1) is 12.9. The number of thioether (sulfide) groups is 1. The van der Waals surface area contributed by atoms with Crippen LogP contribution in [0.25, 0.3) is 11.0 Å². The molecule has 3 rings (SSSR count). The van der Waals surface area contributed by atoms with Crippen molar-refractivity contribution < 1.29 is 8.78 Å². The van der Waals surface area contributed by atoms with Gasteiger partial charge in [-0.15, -0.1) is 0 Å². The highest BCUT2D eigenvalue weighted by atomic mass is 32.2. The van der Waals surface area contributed by atoms with Crippen molar-refractivity contribution in [3.63, 3.8) is 0 Å². The Balaban J connectivity index is 1.70. The lowest BCUT2D eigenvalue weighted by Crippen LogP contribution is -2.28. The standard InChI is InChI=1S/C13H15F2N3S/c14-9-5-11-12(6-10(9)15)18-13(17-11)19-7-8-1-3-16-4-2-8/h5-6,8,16H,1-4,7H2,(H,17,18). The van der Waals surface area contributed by atoms with E-state index in [4.69, 9.17) is 0 Å². The number of halogens is 2. The molecule has 2 aromatic rings. The van der Waals surface area contributed by atoms with Crippen LogP contribution in [-0.4, -0.2) is 28.8 Å². The molecule has 0 aliphatic carbocycles. The normalized spacial score (nSPS) is 17.2. The monoisotopic (exact) mass is 283 g/mol. The van der Waals surface area contributed by atoms with E-state index in [1.807, 2.05) is 0 Å². The SMILES string of the molecule is Fc1cc2nc(SCC3CCNCC3)[nH]c2cc1F. The van der Waals surface area contributed by atoms with Crippen LogP contribution in [0.1, 0.15) is 12.8 Å². The largest absolute Gasteiger partial charge is 0.333 e. The summed E-state index contributed by atoms with van der Waals surface area (Å²) in [4.78, 5) is 7.32. The number of rotatable bonds is 3. The smallest absolute Gasteiger partial charge is 0.166 e. The van der Waals surface area contributed by atoms with E-state index in [2.05, 4.69) is 15.3 Å². The van der Waals surface area contributed by atoms with Crippen molar-refractivity contribution in [2.24, 2.45) is 5.92 Å². The van der Waals surface area contributed by atoms with Crippen LogP contribution in [0.5, 0.6) is 0 Å². The van der Waals surface area contributed by atoms with Crippen molar-refractivity contribution in [3.05, 3.63) is 23.8 Å². The van der Waals surface area contributed by atoms with Crippen molar-refractivity contribution in [3.8, 4) is 0 Å². The lowest BCUT2D eigenvalue weighted by atomic mass is 10.0. The maximum Gasteiger partial charge on any atom is 0.166 e. The minimum absolute atomic E-state index is 0.478. The number of hydrogen-bond acceptors (Lipinski definition) is 3. The minimum atomic E-state index is -0.853. The summed E-state index contributed by atoms with van der Waals surface area (Å²) >= 11 is 1.63. The molecule has 0 bridgehead atoms. The first-order chi connectivity index (χ1) is 9.22. The van der Waals surface area contributed by atoms with E-state index < -0.39 is 11.6 Å². The Labute approximate surface area is 114 Å². The van der Waals surface area contributed by atoms with Gasteiger partial charge in [0.25, 0.3) is 0 Å². The number of fused-ring (bicyclic) bond motifs is 1. The number of benzene rings is 1. The molecule has 1 aliphatic rings. The summed E-state index contributed by atoms with van der Waals surface area (Å²) in [6.45, 7) is 2.14. The van der Waals surface area contributed by atoms with Gasteiger partial charge in [0.15, 0.2) is 16.8 Å². The van der Waals surface area contributed by atoms with Gasteiger partial charge in [0.2, 0.25) is 0 Å². The van der Waals surface area contributed by atoms with Crippen LogP contribution in [0.15, 0.2) is 17.3 Å². The van der Waals surface area contributed by atoms with Crippen LogP contribution >= 0.6 is 11.8 Å². The van der Waals surface area contributed by atoms with Gasteiger partial charge in [0.1, 0.15) is 0 Å². The highest BCUT2D eigenvalue weighted by Gasteiger charge is 2.15. The molecule has 1 aromatic carbocycles. The maximum absolute atomic E-state index is 13.1. The number of aromatic amines is 1. The molecular weight excluding hydrogens is 268 g/mol. The predicted octanol–water partition coefficient (Wildman–Crippen LogP) is 2.93. The molecule has 102 valence electrons. The number of hydrogen-bond donors (Lipinski definition) is 2. The van der Waals surface area contributed by atoms with Gasteiger partial charge in [-0.1, -0.05) is 11.8 Å². The van der Waals surface area contributed by atoms with E-state index in [0.29, 0.717) is 17.0 Å². The van der Waals surface area contributed by atoms with Crippen LogP contribution < -0.4 is 5.32 Å². The summed E-state index contributed by atoms with van der Waals surface area (Å²) in [5.74, 6) is -0.0141. The zero-order valence-electron chi connectivity index (χ0n) is 10.4. The van der Waals surface area contributed by atoms with Gasteiger partial charge in [0.05, 0.1) is 11.0 Å². The van der Waals surface area contributed by atoms with E-state index in [0.717, 1.165) is 36.1 Å². The van der Waals surface area contributed by atoms with Gasteiger partial charge < -0.3 is 10.3 Å². The molecule has 2 heterocycles. The van der Waals surface area contributed by atoms with Crippen LogP contribution in [-0.2, 0) is 0 Å². The van der Waals surface area contributed by atoms with Crippen molar-refractivity contribution in [1.82, 2.24) is 15.3 Å².